The first-order chi connectivity index (χ1) is 12.7. The van der Waals surface area contributed by atoms with Crippen LogP contribution in [0.3, 0.4) is 0 Å². The lowest BCUT2D eigenvalue weighted by molar-refractivity contribution is -0.125. The second-order valence-electron chi connectivity index (χ2n) is 8.41. The lowest BCUT2D eigenvalue weighted by Gasteiger charge is -2.30. The molecule has 0 radical (unpaired) electrons. The molecule has 1 aliphatic rings. The zero-order valence-corrected chi connectivity index (χ0v) is 17.4. The van der Waals surface area contributed by atoms with Crippen LogP contribution < -0.4 is 9.80 Å². The van der Waals surface area contributed by atoms with Gasteiger partial charge in [0.15, 0.2) is 5.13 Å². The molecule has 27 heavy (non-hydrogen) atoms. The molecule has 0 unspecified atom stereocenters. The average molecular weight is 390 g/mol. The second-order valence-corrected chi connectivity index (χ2v) is 9.25. The van der Waals surface area contributed by atoms with Gasteiger partial charge in [-0.25, -0.2) is 9.37 Å². The number of thiazole rings is 1. The smallest absolute Gasteiger partial charge is 0.232 e. The van der Waals surface area contributed by atoms with Crippen molar-refractivity contribution in [3.8, 4) is 0 Å². The summed E-state index contributed by atoms with van der Waals surface area (Å²) in [6.45, 7) is 10.5. The minimum absolute atomic E-state index is 0.00421. The van der Waals surface area contributed by atoms with Gasteiger partial charge >= 0.3 is 0 Å². The molecule has 6 heteroatoms. The summed E-state index contributed by atoms with van der Waals surface area (Å²) in [5, 5.41) is 3.05. The van der Waals surface area contributed by atoms with E-state index in [9.17, 15) is 9.18 Å². The Hall–Kier alpha value is -1.95. The van der Waals surface area contributed by atoms with E-state index in [2.05, 4.69) is 11.8 Å². The van der Waals surface area contributed by atoms with Crippen LogP contribution in [0.1, 0.15) is 46.2 Å². The summed E-state index contributed by atoms with van der Waals surface area (Å²) in [4.78, 5) is 21.8. The van der Waals surface area contributed by atoms with Gasteiger partial charge in [-0.3, -0.25) is 4.79 Å². The van der Waals surface area contributed by atoms with E-state index < -0.39 is 5.41 Å². The van der Waals surface area contributed by atoms with Crippen LogP contribution in [0, 0.1) is 17.2 Å². The monoisotopic (exact) mass is 389 g/mol. The predicted octanol–water partition coefficient (Wildman–Crippen LogP) is 5.10. The molecule has 1 aromatic carbocycles. The topological polar surface area (TPSA) is 36.4 Å². The number of hydrogen-bond donors (Lipinski definition) is 0. The number of nitrogens with zero attached hydrogens (tertiary/aromatic N) is 3. The Morgan fingerprint density at radius 3 is 2.48 bits per heavy atom. The Morgan fingerprint density at radius 1 is 1.26 bits per heavy atom. The molecule has 1 aliphatic heterocycles. The van der Waals surface area contributed by atoms with Gasteiger partial charge in [-0.1, -0.05) is 27.7 Å². The third kappa shape index (κ3) is 4.86. The molecule has 0 spiro atoms. The molecule has 0 aliphatic carbocycles. The summed E-state index contributed by atoms with van der Waals surface area (Å²) in [7, 11) is 0. The van der Waals surface area contributed by atoms with Gasteiger partial charge < -0.3 is 9.80 Å². The molecule has 0 bridgehead atoms. The van der Waals surface area contributed by atoms with Crippen LogP contribution in [0.4, 0.5) is 15.2 Å². The van der Waals surface area contributed by atoms with E-state index in [0.717, 1.165) is 29.8 Å². The van der Waals surface area contributed by atoms with E-state index in [-0.39, 0.29) is 11.7 Å². The molecule has 0 N–H and O–H groups in total. The van der Waals surface area contributed by atoms with Crippen LogP contribution >= 0.6 is 11.3 Å². The molecular formula is C21H28FN3OS. The van der Waals surface area contributed by atoms with Crippen molar-refractivity contribution in [3.63, 3.8) is 0 Å². The van der Waals surface area contributed by atoms with Gasteiger partial charge in [0.1, 0.15) is 5.82 Å². The van der Waals surface area contributed by atoms with Crippen molar-refractivity contribution in [2.45, 2.75) is 47.1 Å². The largest absolute Gasteiger partial charge is 0.348 e. The van der Waals surface area contributed by atoms with Crippen LogP contribution in [-0.4, -0.2) is 24.0 Å². The van der Waals surface area contributed by atoms with E-state index in [0.29, 0.717) is 12.2 Å². The number of hydrogen-bond acceptors (Lipinski definition) is 4. The number of piperidine rings is 1. The number of rotatable bonds is 4. The quantitative estimate of drug-likeness (QED) is 0.730. The van der Waals surface area contributed by atoms with Crippen molar-refractivity contribution < 1.29 is 9.18 Å². The molecular weight excluding hydrogens is 361 g/mol. The Labute approximate surface area is 165 Å². The maximum atomic E-state index is 13.3. The Balaban J connectivity index is 1.80. The van der Waals surface area contributed by atoms with Crippen molar-refractivity contribution in [3.05, 3.63) is 41.2 Å². The summed E-state index contributed by atoms with van der Waals surface area (Å²) in [6, 6.07) is 6.08. The van der Waals surface area contributed by atoms with Crippen molar-refractivity contribution in [1.82, 2.24) is 4.98 Å². The lowest BCUT2D eigenvalue weighted by atomic mass is 9.94. The van der Waals surface area contributed by atoms with Gasteiger partial charge in [0.05, 0.1) is 12.2 Å². The van der Waals surface area contributed by atoms with Gasteiger partial charge in [0.2, 0.25) is 5.91 Å². The van der Waals surface area contributed by atoms with Crippen LogP contribution in [-0.2, 0) is 11.3 Å². The number of anilines is 2. The fourth-order valence-electron chi connectivity index (χ4n) is 3.18. The van der Waals surface area contributed by atoms with Crippen molar-refractivity contribution >= 4 is 28.1 Å². The summed E-state index contributed by atoms with van der Waals surface area (Å²) in [5.74, 6) is 0.465. The van der Waals surface area contributed by atoms with Crippen LogP contribution in [0.2, 0.25) is 0 Å². The molecule has 146 valence electrons. The fraction of sp³-hybridized carbons (Fsp3) is 0.524. The van der Waals surface area contributed by atoms with Crippen LogP contribution in [0.25, 0.3) is 0 Å². The Kier molecular flexibility index (Phi) is 5.84. The number of carbonyl (C=O) groups excluding carboxylic acids is 1. The number of carbonyl (C=O) groups is 1. The number of halogens is 1. The highest BCUT2D eigenvalue weighted by Gasteiger charge is 2.29. The van der Waals surface area contributed by atoms with E-state index in [1.807, 2.05) is 26.2 Å². The first kappa shape index (κ1) is 19.8. The third-order valence-corrected chi connectivity index (χ3v) is 5.89. The maximum Gasteiger partial charge on any atom is 0.232 e. The molecule has 2 heterocycles. The first-order valence-corrected chi connectivity index (χ1v) is 10.4. The number of amides is 1. The molecule has 1 saturated heterocycles. The lowest BCUT2D eigenvalue weighted by Crippen LogP contribution is -2.39. The zero-order chi connectivity index (χ0) is 19.6. The van der Waals surface area contributed by atoms with Gasteiger partial charge in [0.25, 0.3) is 0 Å². The summed E-state index contributed by atoms with van der Waals surface area (Å²) >= 11 is 1.63. The highest BCUT2D eigenvalue weighted by molar-refractivity contribution is 7.13. The van der Waals surface area contributed by atoms with Crippen molar-refractivity contribution in [1.29, 1.82) is 0 Å². The normalized spacial score (nSPS) is 15.8. The summed E-state index contributed by atoms with van der Waals surface area (Å²) in [6.07, 6.45) is 2.39. The molecule has 1 aromatic heterocycles. The fourth-order valence-corrected chi connectivity index (χ4v) is 4.05. The van der Waals surface area contributed by atoms with Crippen molar-refractivity contribution in [2.75, 3.05) is 22.9 Å². The molecule has 1 amide bonds. The van der Waals surface area contributed by atoms with E-state index >= 15 is 0 Å². The Morgan fingerprint density at radius 2 is 1.89 bits per heavy atom. The molecule has 0 saturated carbocycles. The summed E-state index contributed by atoms with van der Waals surface area (Å²) < 4.78 is 13.3. The predicted molar refractivity (Wildman–Crippen MR) is 110 cm³/mol. The maximum absolute atomic E-state index is 13.3. The van der Waals surface area contributed by atoms with Crippen LogP contribution in [0.15, 0.2) is 29.6 Å². The van der Waals surface area contributed by atoms with Gasteiger partial charge in [-0.05, 0) is 43.0 Å². The highest BCUT2D eigenvalue weighted by Crippen LogP contribution is 2.29. The zero-order valence-electron chi connectivity index (χ0n) is 16.5. The minimum atomic E-state index is -0.532. The van der Waals surface area contributed by atoms with Crippen LogP contribution in [0.5, 0.6) is 0 Å². The SMILES string of the molecule is CC1CCN(c2nc(CN(C(=O)C(C)(C)C)c3ccc(F)cc3)cs2)CC1. The van der Waals surface area contributed by atoms with Gasteiger partial charge in [0, 0.05) is 29.6 Å². The second kappa shape index (κ2) is 7.97. The first-order valence-electron chi connectivity index (χ1n) is 9.51. The van der Waals surface area contributed by atoms with Gasteiger partial charge in [-0.2, -0.15) is 0 Å². The Bertz CT molecular complexity index is 773. The van der Waals surface area contributed by atoms with Crippen molar-refractivity contribution in [2.24, 2.45) is 11.3 Å². The van der Waals surface area contributed by atoms with E-state index in [4.69, 9.17) is 4.98 Å². The molecule has 2 aromatic rings. The average Bonchev–Trinajstić information content (AvgIpc) is 3.08. The standard InChI is InChI=1S/C21H28FN3OS/c1-15-9-11-24(12-10-15)20-23-17(14-27-20)13-25(19(26)21(2,3)4)18-7-5-16(22)6-8-18/h5-8,14-15H,9-13H2,1-4H3. The number of aromatic nitrogens is 1. The molecule has 3 rings (SSSR count). The van der Waals surface area contributed by atoms with Gasteiger partial charge in [-0.15, -0.1) is 11.3 Å². The van der Waals surface area contributed by atoms with E-state index in [1.165, 1.54) is 25.0 Å². The van der Waals surface area contributed by atoms with E-state index in [1.54, 1.807) is 28.4 Å². The number of benzene rings is 1. The summed E-state index contributed by atoms with van der Waals surface area (Å²) in [5.41, 5.74) is 1.03. The molecule has 4 nitrogen and oxygen atoms in total. The molecule has 1 fully saturated rings. The molecule has 0 atom stereocenters. The minimum Gasteiger partial charge on any atom is -0.348 e. The highest BCUT2D eigenvalue weighted by atomic mass is 32.1. The third-order valence-electron chi connectivity index (χ3n) is 4.94.